The van der Waals surface area contributed by atoms with Gasteiger partial charge in [0.25, 0.3) is 0 Å². The van der Waals surface area contributed by atoms with E-state index in [0.717, 1.165) is 10.2 Å². The minimum Gasteiger partial charge on any atom is -0.212 e. The molecule has 0 heterocycles. The predicted octanol–water partition coefficient (Wildman–Crippen LogP) is 2.08. The second kappa shape index (κ2) is 4.24. The molecule has 0 amide bonds. The Labute approximate surface area is 82.3 Å². The van der Waals surface area contributed by atoms with Crippen molar-refractivity contribution in [2.75, 3.05) is 5.33 Å². The summed E-state index contributed by atoms with van der Waals surface area (Å²) in [6, 6.07) is 0. The van der Waals surface area contributed by atoms with E-state index < -0.39 is 0 Å². The molecule has 0 aliphatic heterocycles. The molecule has 1 unspecified atom stereocenters. The fourth-order valence-electron chi connectivity index (χ4n) is 0.807. The van der Waals surface area contributed by atoms with Gasteiger partial charge in [-0.1, -0.05) is 33.6 Å². The third kappa shape index (κ3) is 2.29. The van der Waals surface area contributed by atoms with Crippen LogP contribution in [0.2, 0.25) is 0 Å². The van der Waals surface area contributed by atoms with Crippen molar-refractivity contribution in [2.45, 2.75) is 0 Å². The molecule has 0 aromatic heterocycles. The Morgan fingerprint density at radius 2 is 2.45 bits per heavy atom. The highest BCUT2D eigenvalue weighted by Crippen LogP contribution is 2.17. The zero-order chi connectivity index (χ0) is 8.27. The molecule has 0 N–H and O–H groups in total. The Hall–Kier alpha value is 0.140. The third-order valence-corrected chi connectivity index (χ3v) is 2.94. The largest absolute Gasteiger partial charge is 0.212 e. The standard InChI is InChI=1S/C7H6BrClOS/c8-4-5-1-2-6(9)3-7(5)11-10/h1-3,5H,4H2. The van der Waals surface area contributed by atoms with Crippen molar-refractivity contribution in [3.8, 4) is 0 Å². The summed E-state index contributed by atoms with van der Waals surface area (Å²) < 4.78 is 10.5. The molecule has 1 rings (SSSR count). The molecular formula is C7H6BrClOS. The van der Waals surface area contributed by atoms with Gasteiger partial charge in [-0.25, -0.2) is 4.21 Å². The van der Waals surface area contributed by atoms with Crippen LogP contribution in [0.25, 0.3) is 0 Å². The molecule has 1 atom stereocenters. The molecule has 0 radical (unpaired) electrons. The Morgan fingerprint density at radius 3 is 3.00 bits per heavy atom. The lowest BCUT2D eigenvalue weighted by Gasteiger charge is -2.10. The van der Waals surface area contributed by atoms with Crippen LogP contribution in [0, 0.1) is 5.92 Å². The molecule has 0 saturated heterocycles. The third-order valence-electron chi connectivity index (χ3n) is 1.40. The molecule has 0 fully saturated rings. The molecule has 1 nitrogen and oxygen atoms in total. The summed E-state index contributed by atoms with van der Waals surface area (Å²) in [5.41, 5.74) is 0. The Bertz CT molecular complexity index is 266. The Morgan fingerprint density at radius 1 is 1.73 bits per heavy atom. The summed E-state index contributed by atoms with van der Waals surface area (Å²) in [4.78, 5) is 0.773. The van der Waals surface area contributed by atoms with E-state index >= 15 is 0 Å². The second-order valence-electron chi connectivity index (χ2n) is 2.13. The summed E-state index contributed by atoms with van der Waals surface area (Å²) in [5.74, 6) is 0.194. The van der Waals surface area contributed by atoms with E-state index in [4.69, 9.17) is 11.6 Å². The summed E-state index contributed by atoms with van der Waals surface area (Å²) >= 11 is 9.52. The highest BCUT2D eigenvalue weighted by atomic mass is 79.9. The van der Waals surface area contributed by atoms with Gasteiger partial charge in [0.05, 0.1) is 16.1 Å². The average Bonchev–Trinajstić information content (AvgIpc) is 2.04. The normalized spacial score (nSPS) is 23.3. The van der Waals surface area contributed by atoms with E-state index in [-0.39, 0.29) is 5.92 Å². The number of rotatable bonds is 1. The van der Waals surface area contributed by atoms with E-state index in [9.17, 15) is 4.21 Å². The summed E-state index contributed by atoms with van der Waals surface area (Å²) in [6.07, 6.45) is 5.45. The molecule has 11 heavy (non-hydrogen) atoms. The van der Waals surface area contributed by atoms with Crippen LogP contribution in [0.1, 0.15) is 0 Å². The van der Waals surface area contributed by atoms with Crippen LogP contribution in [-0.4, -0.2) is 14.4 Å². The Kier molecular flexibility index (Phi) is 3.55. The highest BCUT2D eigenvalue weighted by Gasteiger charge is 2.12. The van der Waals surface area contributed by atoms with Crippen LogP contribution in [0.15, 0.2) is 23.3 Å². The predicted molar refractivity (Wildman–Crippen MR) is 53.5 cm³/mol. The number of halogens is 2. The minimum absolute atomic E-state index is 0.194. The van der Waals surface area contributed by atoms with Gasteiger partial charge in [-0.2, -0.15) is 0 Å². The number of hydrogen-bond donors (Lipinski definition) is 0. The van der Waals surface area contributed by atoms with Gasteiger partial charge in [0, 0.05) is 16.3 Å². The zero-order valence-electron chi connectivity index (χ0n) is 5.59. The van der Waals surface area contributed by atoms with Gasteiger partial charge >= 0.3 is 0 Å². The van der Waals surface area contributed by atoms with Gasteiger partial charge in [0.1, 0.15) is 0 Å². The summed E-state index contributed by atoms with van der Waals surface area (Å²) in [5, 5.41) is 1.40. The van der Waals surface area contributed by atoms with Crippen molar-refractivity contribution >= 4 is 43.7 Å². The molecule has 0 aromatic carbocycles. The van der Waals surface area contributed by atoms with E-state index in [1.54, 1.807) is 6.08 Å². The fraction of sp³-hybridized carbons (Fsp3) is 0.286. The first kappa shape index (κ1) is 9.23. The van der Waals surface area contributed by atoms with Gasteiger partial charge in [0.2, 0.25) is 0 Å². The molecule has 0 spiro atoms. The van der Waals surface area contributed by atoms with Crippen LogP contribution in [0.4, 0.5) is 0 Å². The minimum atomic E-state index is 0.194. The quantitative estimate of drug-likeness (QED) is 0.516. The monoisotopic (exact) mass is 252 g/mol. The van der Waals surface area contributed by atoms with Crippen LogP contribution >= 0.6 is 27.5 Å². The van der Waals surface area contributed by atoms with Crippen LogP contribution in [0.5, 0.6) is 0 Å². The van der Waals surface area contributed by atoms with Crippen molar-refractivity contribution in [2.24, 2.45) is 5.92 Å². The highest BCUT2D eigenvalue weighted by molar-refractivity contribution is 9.09. The zero-order valence-corrected chi connectivity index (χ0v) is 8.75. The first-order valence-corrected chi connectivity index (χ1v) is 5.30. The van der Waals surface area contributed by atoms with E-state index in [1.165, 1.54) is 0 Å². The van der Waals surface area contributed by atoms with Crippen LogP contribution in [-0.2, 0) is 11.3 Å². The van der Waals surface area contributed by atoms with Crippen molar-refractivity contribution in [3.05, 3.63) is 23.3 Å². The van der Waals surface area contributed by atoms with Crippen molar-refractivity contribution < 1.29 is 4.21 Å². The van der Waals surface area contributed by atoms with E-state index in [1.807, 2.05) is 12.2 Å². The molecule has 0 bridgehead atoms. The number of allylic oxidation sites excluding steroid dienone is 4. The smallest absolute Gasteiger partial charge is 0.0927 e. The Balaban J connectivity index is 2.93. The summed E-state index contributed by atoms with van der Waals surface area (Å²) in [6.45, 7) is 0. The van der Waals surface area contributed by atoms with Gasteiger partial charge in [-0.15, -0.1) is 0 Å². The number of alkyl halides is 1. The van der Waals surface area contributed by atoms with Crippen LogP contribution in [0.3, 0.4) is 0 Å². The van der Waals surface area contributed by atoms with Gasteiger partial charge in [-0.05, 0) is 12.2 Å². The fourth-order valence-corrected chi connectivity index (χ4v) is 2.30. The average molecular weight is 254 g/mol. The van der Waals surface area contributed by atoms with Crippen molar-refractivity contribution in [1.82, 2.24) is 0 Å². The molecule has 0 saturated carbocycles. The van der Waals surface area contributed by atoms with Crippen molar-refractivity contribution in [1.29, 1.82) is 0 Å². The van der Waals surface area contributed by atoms with Crippen LogP contribution < -0.4 is 0 Å². The maximum Gasteiger partial charge on any atom is 0.0927 e. The van der Waals surface area contributed by atoms with Gasteiger partial charge in [-0.3, -0.25) is 0 Å². The molecule has 0 aromatic rings. The van der Waals surface area contributed by atoms with E-state index in [0.29, 0.717) is 16.3 Å². The second-order valence-corrected chi connectivity index (χ2v) is 3.86. The maximum atomic E-state index is 10.5. The van der Waals surface area contributed by atoms with Gasteiger partial charge < -0.3 is 0 Å². The summed E-state index contributed by atoms with van der Waals surface area (Å²) in [7, 11) is 0. The molecule has 1 aliphatic rings. The maximum absolute atomic E-state index is 10.5. The van der Waals surface area contributed by atoms with E-state index in [2.05, 4.69) is 15.9 Å². The molecular weight excluding hydrogens is 247 g/mol. The lowest BCUT2D eigenvalue weighted by molar-refractivity contribution is 0.700. The first-order chi connectivity index (χ1) is 5.27. The lowest BCUT2D eigenvalue weighted by Crippen LogP contribution is -2.13. The lowest BCUT2D eigenvalue weighted by atomic mass is 10.0. The molecule has 1 aliphatic carbocycles. The number of hydrogen-bond acceptors (Lipinski definition) is 1. The topological polar surface area (TPSA) is 17.1 Å². The molecule has 60 valence electrons. The molecule has 4 heteroatoms. The first-order valence-electron chi connectivity index (χ1n) is 3.06. The SMILES string of the molecule is O=S=C1C=C(Cl)C=CC1CBr. The van der Waals surface area contributed by atoms with Gasteiger partial charge in [0.15, 0.2) is 0 Å². The van der Waals surface area contributed by atoms with Crippen molar-refractivity contribution in [3.63, 3.8) is 0 Å².